The molecule has 0 spiro atoms. The van der Waals surface area contributed by atoms with Crippen LogP contribution in [0.4, 0.5) is 0 Å². The smallest absolute Gasteiger partial charge is 0.119 e. The van der Waals surface area contributed by atoms with E-state index in [1.807, 2.05) is 0 Å². The fourth-order valence-electron chi connectivity index (χ4n) is 2.11. The number of nitrogens with one attached hydrogen (secondary N) is 1. The zero-order chi connectivity index (χ0) is 14.9. The lowest BCUT2D eigenvalue weighted by Crippen LogP contribution is -2.41. The highest BCUT2D eigenvalue weighted by Gasteiger charge is 2.10. The lowest BCUT2D eigenvalue weighted by molar-refractivity contribution is 0.0376. The van der Waals surface area contributed by atoms with E-state index in [2.05, 4.69) is 10.2 Å². The molecule has 2 N–H and O–H groups in total. The first-order valence-electron chi connectivity index (χ1n) is 7.31. The first-order chi connectivity index (χ1) is 10.2. The Morgan fingerprint density at radius 1 is 1.29 bits per heavy atom. The molecule has 0 aliphatic carbocycles. The number of morpholine rings is 1. The molecule has 0 saturated carbocycles. The van der Waals surface area contributed by atoms with Crippen molar-refractivity contribution in [3.63, 3.8) is 0 Å². The predicted molar refractivity (Wildman–Crippen MR) is 83.1 cm³/mol. The van der Waals surface area contributed by atoms with Crippen LogP contribution in [0.25, 0.3) is 0 Å². The van der Waals surface area contributed by atoms with E-state index >= 15 is 0 Å². The van der Waals surface area contributed by atoms with Crippen molar-refractivity contribution in [1.82, 2.24) is 10.2 Å². The second-order valence-corrected chi connectivity index (χ2v) is 5.51. The second-order valence-electron chi connectivity index (χ2n) is 5.08. The summed E-state index contributed by atoms with van der Waals surface area (Å²) in [5.74, 6) is 0.715. The van der Waals surface area contributed by atoms with E-state index in [0.717, 1.165) is 39.4 Å². The molecule has 0 aromatic heterocycles. The van der Waals surface area contributed by atoms with Crippen LogP contribution in [0.5, 0.6) is 5.75 Å². The molecule has 1 unspecified atom stereocenters. The van der Waals surface area contributed by atoms with Gasteiger partial charge < -0.3 is 19.9 Å². The van der Waals surface area contributed by atoms with Crippen molar-refractivity contribution in [2.45, 2.75) is 6.10 Å². The third-order valence-electron chi connectivity index (χ3n) is 3.34. The normalized spacial score (nSPS) is 17.6. The Hall–Kier alpha value is -0.850. The van der Waals surface area contributed by atoms with Crippen molar-refractivity contribution in [3.8, 4) is 5.75 Å². The summed E-state index contributed by atoms with van der Waals surface area (Å²) >= 11 is 5.80. The van der Waals surface area contributed by atoms with E-state index in [9.17, 15) is 5.11 Å². The Morgan fingerprint density at radius 3 is 2.71 bits per heavy atom. The number of aliphatic hydroxyl groups is 1. The van der Waals surface area contributed by atoms with Crippen LogP contribution in [0, 0.1) is 0 Å². The molecule has 0 bridgehead atoms. The summed E-state index contributed by atoms with van der Waals surface area (Å²) in [6.07, 6.45) is -0.523. The average molecular weight is 315 g/mol. The molecule has 1 aliphatic heterocycles. The van der Waals surface area contributed by atoms with Crippen LogP contribution in [-0.2, 0) is 4.74 Å². The molecular weight excluding hydrogens is 292 g/mol. The number of aliphatic hydroxyl groups excluding tert-OH is 1. The third-order valence-corrected chi connectivity index (χ3v) is 3.60. The van der Waals surface area contributed by atoms with Crippen LogP contribution in [0.2, 0.25) is 5.02 Å². The van der Waals surface area contributed by atoms with Crippen molar-refractivity contribution >= 4 is 11.6 Å². The minimum absolute atomic E-state index is 0.270. The Morgan fingerprint density at radius 2 is 2.00 bits per heavy atom. The molecule has 2 rings (SSSR count). The number of ether oxygens (including phenoxy) is 2. The lowest BCUT2D eigenvalue weighted by atomic mass is 10.3. The van der Waals surface area contributed by atoms with Crippen LogP contribution < -0.4 is 10.1 Å². The van der Waals surface area contributed by atoms with Crippen molar-refractivity contribution in [1.29, 1.82) is 0 Å². The van der Waals surface area contributed by atoms with Crippen molar-refractivity contribution in [2.75, 3.05) is 52.5 Å². The molecule has 1 saturated heterocycles. The maximum Gasteiger partial charge on any atom is 0.119 e. The first kappa shape index (κ1) is 16.5. The summed E-state index contributed by atoms with van der Waals surface area (Å²) in [7, 11) is 0. The zero-order valence-electron chi connectivity index (χ0n) is 12.1. The maximum atomic E-state index is 9.85. The fraction of sp³-hybridized carbons (Fsp3) is 0.600. The standard InChI is InChI=1S/C15H23ClN2O3/c16-13-1-3-15(4-2-13)21-12-14(19)11-17-5-6-18-7-9-20-10-8-18/h1-4,14,17,19H,5-12H2. The topological polar surface area (TPSA) is 54.0 Å². The third kappa shape index (κ3) is 6.63. The SMILES string of the molecule is OC(CNCCN1CCOCC1)COc1ccc(Cl)cc1. The monoisotopic (exact) mass is 314 g/mol. The highest BCUT2D eigenvalue weighted by molar-refractivity contribution is 6.30. The number of hydrogen-bond acceptors (Lipinski definition) is 5. The van der Waals surface area contributed by atoms with Gasteiger partial charge in [0.25, 0.3) is 0 Å². The molecule has 6 heteroatoms. The van der Waals surface area contributed by atoms with E-state index in [-0.39, 0.29) is 6.61 Å². The molecule has 21 heavy (non-hydrogen) atoms. The van der Waals surface area contributed by atoms with Crippen LogP contribution >= 0.6 is 11.6 Å². The van der Waals surface area contributed by atoms with E-state index < -0.39 is 6.10 Å². The molecule has 1 heterocycles. The second kappa shape index (κ2) is 9.23. The van der Waals surface area contributed by atoms with Gasteiger partial charge in [-0.15, -0.1) is 0 Å². The van der Waals surface area contributed by atoms with Gasteiger partial charge in [-0.25, -0.2) is 0 Å². The number of hydrogen-bond donors (Lipinski definition) is 2. The first-order valence-corrected chi connectivity index (χ1v) is 7.69. The molecule has 5 nitrogen and oxygen atoms in total. The molecule has 1 fully saturated rings. The highest BCUT2D eigenvalue weighted by atomic mass is 35.5. The van der Waals surface area contributed by atoms with E-state index in [0.29, 0.717) is 17.3 Å². The van der Waals surface area contributed by atoms with Gasteiger partial charge in [0.15, 0.2) is 0 Å². The van der Waals surface area contributed by atoms with Gasteiger partial charge in [-0.3, -0.25) is 4.90 Å². The number of halogens is 1. The van der Waals surface area contributed by atoms with Crippen molar-refractivity contribution < 1.29 is 14.6 Å². The zero-order valence-corrected chi connectivity index (χ0v) is 12.9. The molecule has 1 aromatic rings. The van der Waals surface area contributed by atoms with Gasteiger partial charge in [0.2, 0.25) is 0 Å². The highest BCUT2D eigenvalue weighted by Crippen LogP contribution is 2.15. The van der Waals surface area contributed by atoms with Crippen LogP contribution in [0.15, 0.2) is 24.3 Å². The van der Waals surface area contributed by atoms with Crippen molar-refractivity contribution in [2.24, 2.45) is 0 Å². The predicted octanol–water partition coefficient (Wildman–Crippen LogP) is 1.00. The molecule has 1 aromatic carbocycles. The summed E-state index contributed by atoms with van der Waals surface area (Å²) in [5.41, 5.74) is 0. The van der Waals surface area contributed by atoms with Gasteiger partial charge in [0, 0.05) is 37.7 Å². The summed E-state index contributed by atoms with van der Waals surface area (Å²) in [6.45, 7) is 6.25. The Kier molecular flexibility index (Phi) is 7.26. The summed E-state index contributed by atoms with van der Waals surface area (Å²) in [4.78, 5) is 2.35. The maximum absolute atomic E-state index is 9.85. The Balaban J connectivity index is 1.52. The number of rotatable bonds is 8. The van der Waals surface area contributed by atoms with Gasteiger partial charge in [0.1, 0.15) is 18.5 Å². The molecule has 0 amide bonds. The molecule has 1 aliphatic rings. The van der Waals surface area contributed by atoms with Gasteiger partial charge in [-0.05, 0) is 24.3 Å². The molecule has 0 radical (unpaired) electrons. The molecule has 118 valence electrons. The lowest BCUT2D eigenvalue weighted by Gasteiger charge is -2.26. The van der Waals surface area contributed by atoms with Crippen LogP contribution in [0.1, 0.15) is 0 Å². The minimum atomic E-state index is -0.523. The van der Waals surface area contributed by atoms with Gasteiger partial charge >= 0.3 is 0 Å². The van der Waals surface area contributed by atoms with E-state index in [4.69, 9.17) is 21.1 Å². The molecular formula is C15H23ClN2O3. The average Bonchev–Trinajstić information content (AvgIpc) is 2.52. The van der Waals surface area contributed by atoms with Crippen LogP contribution in [-0.4, -0.2) is 68.7 Å². The largest absolute Gasteiger partial charge is 0.491 e. The summed E-state index contributed by atoms with van der Waals surface area (Å²) in [6, 6.07) is 7.12. The number of nitrogens with zero attached hydrogens (tertiary/aromatic N) is 1. The van der Waals surface area contributed by atoms with Gasteiger partial charge in [0.05, 0.1) is 13.2 Å². The van der Waals surface area contributed by atoms with Gasteiger partial charge in [-0.1, -0.05) is 11.6 Å². The fourth-order valence-corrected chi connectivity index (χ4v) is 2.24. The van der Waals surface area contributed by atoms with Gasteiger partial charge in [-0.2, -0.15) is 0 Å². The minimum Gasteiger partial charge on any atom is -0.491 e. The quantitative estimate of drug-likeness (QED) is 0.701. The Labute approximate surface area is 130 Å². The summed E-state index contributed by atoms with van der Waals surface area (Å²) < 4.78 is 10.8. The van der Waals surface area contributed by atoms with E-state index in [1.165, 1.54) is 0 Å². The Bertz CT molecular complexity index is 396. The number of benzene rings is 1. The van der Waals surface area contributed by atoms with E-state index in [1.54, 1.807) is 24.3 Å². The molecule has 1 atom stereocenters. The summed E-state index contributed by atoms with van der Waals surface area (Å²) in [5, 5.41) is 13.8. The van der Waals surface area contributed by atoms with Crippen molar-refractivity contribution in [3.05, 3.63) is 29.3 Å². The van der Waals surface area contributed by atoms with Crippen LogP contribution in [0.3, 0.4) is 0 Å².